The number of hydrogen-bond acceptors (Lipinski definition) is 0. The van der Waals surface area contributed by atoms with Crippen molar-refractivity contribution in [2.75, 3.05) is 5.88 Å². The van der Waals surface area contributed by atoms with Gasteiger partial charge in [0.1, 0.15) is 0 Å². The molecule has 0 amide bonds. The van der Waals surface area contributed by atoms with Crippen molar-refractivity contribution in [1.29, 1.82) is 0 Å². The van der Waals surface area contributed by atoms with E-state index in [1.54, 1.807) is 0 Å². The number of halogens is 1. The van der Waals surface area contributed by atoms with E-state index < -0.39 is 0 Å². The lowest BCUT2D eigenvalue weighted by Gasteiger charge is -2.21. The second-order valence-corrected chi connectivity index (χ2v) is 4.52. The third kappa shape index (κ3) is 1.72. The summed E-state index contributed by atoms with van der Waals surface area (Å²) in [4.78, 5) is 0. The van der Waals surface area contributed by atoms with Gasteiger partial charge in [0.05, 0.1) is 0 Å². The lowest BCUT2D eigenvalue weighted by Crippen LogP contribution is -2.09. The molecule has 2 fully saturated rings. The predicted octanol–water partition coefficient (Wildman–Crippen LogP) is 3.44. The Morgan fingerprint density at radius 1 is 1.09 bits per heavy atom. The molecule has 0 saturated heterocycles. The molecule has 2 aliphatic carbocycles. The predicted molar refractivity (Wildman–Crippen MR) is 48.9 cm³/mol. The highest BCUT2D eigenvalue weighted by Gasteiger charge is 2.41. The van der Waals surface area contributed by atoms with E-state index in [2.05, 4.69) is 0 Å². The molecule has 11 heavy (non-hydrogen) atoms. The third-order valence-electron chi connectivity index (χ3n) is 3.43. The Labute approximate surface area is 74.3 Å². The highest BCUT2D eigenvalue weighted by Crippen LogP contribution is 2.49. The van der Waals surface area contributed by atoms with E-state index in [9.17, 15) is 0 Å². The molecule has 2 rings (SSSR count). The van der Waals surface area contributed by atoms with E-state index in [-0.39, 0.29) is 0 Å². The zero-order valence-electron chi connectivity index (χ0n) is 7.06. The van der Waals surface area contributed by atoms with Crippen LogP contribution in [0.25, 0.3) is 0 Å². The van der Waals surface area contributed by atoms with Gasteiger partial charge in [0.2, 0.25) is 0 Å². The average molecular weight is 173 g/mol. The van der Waals surface area contributed by atoms with Crippen LogP contribution in [-0.2, 0) is 0 Å². The quantitative estimate of drug-likeness (QED) is 0.560. The maximum atomic E-state index is 5.81. The molecule has 0 bridgehead atoms. The molecule has 0 heterocycles. The van der Waals surface area contributed by atoms with Gasteiger partial charge in [0.25, 0.3) is 0 Å². The zero-order chi connectivity index (χ0) is 7.68. The molecule has 0 spiro atoms. The van der Waals surface area contributed by atoms with Gasteiger partial charge >= 0.3 is 0 Å². The Morgan fingerprint density at radius 3 is 2.36 bits per heavy atom. The standard InChI is InChI=1S/C10H17Cl/c11-7-9-6-10(9)8-4-2-1-3-5-8/h8-10H,1-7H2. The van der Waals surface area contributed by atoms with Gasteiger partial charge in [-0.25, -0.2) is 0 Å². The smallest absolute Gasteiger partial charge is 0.0254 e. The molecule has 0 aliphatic heterocycles. The molecular formula is C10H17Cl. The number of hydrogen-bond donors (Lipinski definition) is 0. The van der Waals surface area contributed by atoms with Crippen LogP contribution in [0.4, 0.5) is 0 Å². The van der Waals surface area contributed by atoms with Crippen molar-refractivity contribution >= 4 is 11.6 Å². The van der Waals surface area contributed by atoms with Crippen molar-refractivity contribution < 1.29 is 0 Å². The average Bonchev–Trinajstić information content (AvgIpc) is 2.85. The van der Waals surface area contributed by atoms with Crippen LogP contribution in [0, 0.1) is 17.8 Å². The molecule has 0 radical (unpaired) electrons. The molecule has 64 valence electrons. The topological polar surface area (TPSA) is 0 Å². The van der Waals surface area contributed by atoms with Gasteiger partial charge < -0.3 is 0 Å². The highest BCUT2D eigenvalue weighted by atomic mass is 35.5. The Bertz CT molecular complexity index is 127. The Morgan fingerprint density at radius 2 is 1.82 bits per heavy atom. The fourth-order valence-electron chi connectivity index (χ4n) is 2.59. The van der Waals surface area contributed by atoms with Gasteiger partial charge in [-0.2, -0.15) is 0 Å². The normalized spacial score (nSPS) is 39.0. The summed E-state index contributed by atoms with van der Waals surface area (Å²) in [6.07, 6.45) is 8.88. The largest absolute Gasteiger partial charge is 0.126 e. The molecule has 0 nitrogen and oxygen atoms in total. The Balaban J connectivity index is 1.77. The molecule has 0 aromatic rings. The second kappa shape index (κ2) is 3.35. The fourth-order valence-corrected chi connectivity index (χ4v) is 2.94. The number of rotatable bonds is 2. The summed E-state index contributed by atoms with van der Waals surface area (Å²) in [5.74, 6) is 3.92. The Kier molecular flexibility index (Phi) is 2.41. The van der Waals surface area contributed by atoms with E-state index in [1.165, 1.54) is 38.5 Å². The van der Waals surface area contributed by atoms with Crippen LogP contribution in [0.3, 0.4) is 0 Å². The maximum Gasteiger partial charge on any atom is 0.0254 e. The van der Waals surface area contributed by atoms with Gasteiger partial charge in [-0.15, -0.1) is 11.6 Å². The van der Waals surface area contributed by atoms with Crippen LogP contribution in [-0.4, -0.2) is 5.88 Å². The summed E-state index contributed by atoms with van der Waals surface area (Å²) in [5, 5.41) is 0. The highest BCUT2D eigenvalue weighted by molar-refractivity contribution is 6.18. The van der Waals surface area contributed by atoms with E-state index in [0.717, 1.165) is 23.6 Å². The molecular weight excluding hydrogens is 156 g/mol. The molecule has 2 saturated carbocycles. The van der Waals surface area contributed by atoms with E-state index in [1.807, 2.05) is 0 Å². The van der Waals surface area contributed by atoms with Crippen LogP contribution in [0.15, 0.2) is 0 Å². The van der Waals surface area contributed by atoms with E-state index in [0.29, 0.717) is 0 Å². The monoisotopic (exact) mass is 172 g/mol. The van der Waals surface area contributed by atoms with Crippen LogP contribution in [0.1, 0.15) is 38.5 Å². The van der Waals surface area contributed by atoms with Crippen LogP contribution in [0.5, 0.6) is 0 Å². The van der Waals surface area contributed by atoms with E-state index >= 15 is 0 Å². The Hall–Kier alpha value is 0.290. The van der Waals surface area contributed by atoms with Crippen molar-refractivity contribution in [2.45, 2.75) is 38.5 Å². The van der Waals surface area contributed by atoms with Crippen molar-refractivity contribution in [3.8, 4) is 0 Å². The summed E-state index contributed by atoms with van der Waals surface area (Å²) in [7, 11) is 0. The zero-order valence-corrected chi connectivity index (χ0v) is 7.82. The minimum absolute atomic E-state index is 0.903. The SMILES string of the molecule is ClCC1CC1C1CCCCC1. The molecule has 2 aliphatic rings. The lowest BCUT2D eigenvalue weighted by atomic mass is 9.85. The molecule has 0 N–H and O–H groups in total. The molecule has 0 aromatic heterocycles. The van der Waals surface area contributed by atoms with Crippen molar-refractivity contribution in [3.63, 3.8) is 0 Å². The lowest BCUT2D eigenvalue weighted by molar-refractivity contribution is 0.313. The van der Waals surface area contributed by atoms with Crippen LogP contribution < -0.4 is 0 Å². The summed E-state index contributed by atoms with van der Waals surface area (Å²) >= 11 is 5.81. The first-order valence-corrected chi connectivity index (χ1v) is 5.51. The van der Waals surface area contributed by atoms with Crippen molar-refractivity contribution in [3.05, 3.63) is 0 Å². The molecule has 0 aromatic carbocycles. The van der Waals surface area contributed by atoms with Gasteiger partial charge in [0, 0.05) is 5.88 Å². The second-order valence-electron chi connectivity index (χ2n) is 4.21. The van der Waals surface area contributed by atoms with Gasteiger partial charge in [-0.05, 0) is 24.2 Å². The molecule has 2 atom stereocenters. The maximum absolute atomic E-state index is 5.81. The van der Waals surface area contributed by atoms with E-state index in [4.69, 9.17) is 11.6 Å². The molecule has 2 unspecified atom stereocenters. The van der Waals surface area contributed by atoms with Crippen molar-refractivity contribution in [1.82, 2.24) is 0 Å². The first-order valence-electron chi connectivity index (χ1n) is 4.98. The summed E-state index contributed by atoms with van der Waals surface area (Å²) in [6, 6.07) is 0. The summed E-state index contributed by atoms with van der Waals surface area (Å²) < 4.78 is 0. The first-order chi connectivity index (χ1) is 5.42. The first kappa shape index (κ1) is 7.91. The van der Waals surface area contributed by atoms with Crippen molar-refractivity contribution in [2.24, 2.45) is 17.8 Å². The minimum Gasteiger partial charge on any atom is -0.126 e. The van der Waals surface area contributed by atoms with Gasteiger partial charge in [-0.1, -0.05) is 32.1 Å². The third-order valence-corrected chi connectivity index (χ3v) is 3.83. The summed E-state index contributed by atoms with van der Waals surface area (Å²) in [6.45, 7) is 0. The summed E-state index contributed by atoms with van der Waals surface area (Å²) in [5.41, 5.74) is 0. The fraction of sp³-hybridized carbons (Fsp3) is 1.00. The van der Waals surface area contributed by atoms with Gasteiger partial charge in [0.15, 0.2) is 0 Å². The number of alkyl halides is 1. The van der Waals surface area contributed by atoms with Crippen LogP contribution >= 0.6 is 11.6 Å². The van der Waals surface area contributed by atoms with Crippen LogP contribution in [0.2, 0.25) is 0 Å². The van der Waals surface area contributed by atoms with Gasteiger partial charge in [-0.3, -0.25) is 0 Å². The molecule has 1 heteroatoms. The minimum atomic E-state index is 0.903.